The Balaban J connectivity index is 1.82. The molecular formula is C23H39N5O2. The smallest absolute Gasteiger partial charge is 0.244 e. The van der Waals surface area contributed by atoms with Crippen LogP contribution in [0.4, 0.5) is 5.69 Å². The van der Waals surface area contributed by atoms with Crippen molar-refractivity contribution in [3.05, 3.63) is 30.3 Å². The van der Waals surface area contributed by atoms with Crippen molar-refractivity contribution < 1.29 is 9.90 Å². The maximum Gasteiger partial charge on any atom is 0.244 e. The van der Waals surface area contributed by atoms with E-state index in [2.05, 4.69) is 46.5 Å². The Bertz CT molecular complexity index is 642. The monoisotopic (exact) mass is 417 g/mol. The second-order valence-corrected chi connectivity index (χ2v) is 8.29. The fraction of sp³-hybridized carbons (Fsp3) is 0.652. The molecule has 0 aliphatic carbocycles. The third kappa shape index (κ3) is 8.22. The standard InChI is InChI=1S/C23H39N5O2/c1-4-24-23(25-17-20(10-15-29)16-19(2)3)26-18-22(30)28-13-11-27(12-14-28)21-8-6-5-7-9-21/h5-9,19-20,29H,4,10-18H2,1-3H3,(H2,24,25,26). The number of aliphatic hydroxyl groups excluding tert-OH is 1. The lowest BCUT2D eigenvalue weighted by Crippen LogP contribution is -2.49. The zero-order valence-electron chi connectivity index (χ0n) is 18.8. The highest BCUT2D eigenvalue weighted by Crippen LogP contribution is 2.16. The number of carbonyl (C=O) groups excluding carboxylic acids is 1. The van der Waals surface area contributed by atoms with Crippen LogP contribution in [0.5, 0.6) is 0 Å². The summed E-state index contributed by atoms with van der Waals surface area (Å²) in [5, 5.41) is 15.9. The number of anilines is 1. The summed E-state index contributed by atoms with van der Waals surface area (Å²) in [5.41, 5.74) is 1.21. The molecule has 1 saturated heterocycles. The quantitative estimate of drug-likeness (QED) is 0.400. The summed E-state index contributed by atoms with van der Waals surface area (Å²) in [5.74, 6) is 1.70. The summed E-state index contributed by atoms with van der Waals surface area (Å²) in [6.07, 6.45) is 1.83. The van der Waals surface area contributed by atoms with Crippen molar-refractivity contribution in [2.24, 2.45) is 16.8 Å². The number of nitrogens with one attached hydrogen (secondary N) is 2. The summed E-state index contributed by atoms with van der Waals surface area (Å²) < 4.78 is 0. The first-order valence-corrected chi connectivity index (χ1v) is 11.2. The van der Waals surface area contributed by atoms with E-state index >= 15 is 0 Å². The molecule has 1 aliphatic rings. The van der Waals surface area contributed by atoms with Gasteiger partial charge in [0.15, 0.2) is 5.96 Å². The van der Waals surface area contributed by atoms with E-state index in [4.69, 9.17) is 0 Å². The van der Waals surface area contributed by atoms with E-state index in [1.165, 1.54) is 5.69 Å². The summed E-state index contributed by atoms with van der Waals surface area (Å²) >= 11 is 0. The van der Waals surface area contributed by atoms with Crippen LogP contribution in [0.15, 0.2) is 35.3 Å². The summed E-state index contributed by atoms with van der Waals surface area (Å²) in [4.78, 5) is 21.4. The number of nitrogens with zero attached hydrogens (tertiary/aromatic N) is 3. The number of piperazine rings is 1. The first kappa shape index (κ1) is 24.0. The molecule has 0 aromatic heterocycles. The van der Waals surface area contributed by atoms with E-state index in [-0.39, 0.29) is 19.1 Å². The van der Waals surface area contributed by atoms with Gasteiger partial charge in [-0.2, -0.15) is 0 Å². The molecule has 1 aromatic carbocycles. The minimum absolute atomic E-state index is 0.0639. The van der Waals surface area contributed by atoms with Crippen LogP contribution in [0, 0.1) is 11.8 Å². The Labute approximate surface area is 181 Å². The lowest BCUT2D eigenvalue weighted by atomic mass is 9.94. The third-order valence-corrected chi connectivity index (χ3v) is 5.37. The summed E-state index contributed by atoms with van der Waals surface area (Å²) in [6.45, 7) is 11.4. The summed E-state index contributed by atoms with van der Waals surface area (Å²) in [7, 11) is 0. The largest absolute Gasteiger partial charge is 0.396 e. The van der Waals surface area contributed by atoms with Crippen molar-refractivity contribution in [2.45, 2.75) is 33.6 Å². The highest BCUT2D eigenvalue weighted by molar-refractivity contribution is 5.85. The number of aliphatic hydroxyl groups is 1. The van der Waals surface area contributed by atoms with Crippen molar-refractivity contribution in [1.29, 1.82) is 0 Å². The molecule has 3 N–H and O–H groups in total. The Kier molecular flexibility index (Phi) is 10.5. The van der Waals surface area contributed by atoms with Crippen molar-refractivity contribution in [1.82, 2.24) is 15.5 Å². The number of aliphatic imine (C=N–C) groups is 1. The SMILES string of the molecule is CCNC(=NCC(=O)N1CCN(c2ccccc2)CC1)NCC(CCO)CC(C)C. The predicted molar refractivity (Wildman–Crippen MR) is 124 cm³/mol. The Morgan fingerprint density at radius 2 is 1.83 bits per heavy atom. The molecule has 1 heterocycles. The lowest BCUT2D eigenvalue weighted by Gasteiger charge is -2.36. The Morgan fingerprint density at radius 1 is 1.13 bits per heavy atom. The van der Waals surface area contributed by atoms with Crippen LogP contribution in [0.3, 0.4) is 0 Å². The van der Waals surface area contributed by atoms with Gasteiger partial charge in [0.1, 0.15) is 6.54 Å². The predicted octanol–water partition coefficient (Wildman–Crippen LogP) is 1.94. The van der Waals surface area contributed by atoms with Crippen LogP contribution < -0.4 is 15.5 Å². The number of para-hydroxylation sites is 1. The molecule has 168 valence electrons. The lowest BCUT2D eigenvalue weighted by molar-refractivity contribution is -0.129. The zero-order chi connectivity index (χ0) is 21.8. The molecule has 30 heavy (non-hydrogen) atoms. The van der Waals surface area contributed by atoms with Crippen molar-refractivity contribution in [3.8, 4) is 0 Å². The van der Waals surface area contributed by atoms with Crippen LogP contribution >= 0.6 is 0 Å². The third-order valence-electron chi connectivity index (χ3n) is 5.37. The molecule has 1 aromatic rings. The van der Waals surface area contributed by atoms with Gasteiger partial charge in [-0.25, -0.2) is 4.99 Å². The number of rotatable bonds is 10. The van der Waals surface area contributed by atoms with Gasteiger partial charge >= 0.3 is 0 Å². The molecule has 0 spiro atoms. The van der Waals surface area contributed by atoms with Crippen LogP contribution in [-0.4, -0.2) is 74.3 Å². The van der Waals surface area contributed by atoms with Gasteiger partial charge in [-0.3, -0.25) is 4.79 Å². The van der Waals surface area contributed by atoms with E-state index in [9.17, 15) is 9.90 Å². The molecule has 1 aliphatic heterocycles. The Morgan fingerprint density at radius 3 is 2.43 bits per heavy atom. The molecule has 7 nitrogen and oxygen atoms in total. The van der Waals surface area contributed by atoms with Crippen molar-refractivity contribution in [2.75, 3.05) is 57.3 Å². The number of carbonyl (C=O) groups is 1. The highest BCUT2D eigenvalue weighted by Gasteiger charge is 2.21. The second-order valence-electron chi connectivity index (χ2n) is 8.29. The van der Waals surface area contributed by atoms with Gasteiger partial charge in [-0.1, -0.05) is 32.0 Å². The van der Waals surface area contributed by atoms with Crippen molar-refractivity contribution in [3.63, 3.8) is 0 Å². The molecule has 1 atom stereocenters. The van der Waals surface area contributed by atoms with E-state index < -0.39 is 0 Å². The minimum Gasteiger partial charge on any atom is -0.396 e. The molecule has 0 saturated carbocycles. The second kappa shape index (κ2) is 13.1. The molecule has 1 amide bonds. The average Bonchev–Trinajstić information content (AvgIpc) is 2.76. The van der Waals surface area contributed by atoms with E-state index in [1.807, 2.05) is 30.0 Å². The van der Waals surface area contributed by atoms with Crippen LogP contribution in [0.25, 0.3) is 0 Å². The Hall–Kier alpha value is -2.28. The topological polar surface area (TPSA) is 80.2 Å². The molecule has 1 fully saturated rings. The maximum atomic E-state index is 12.6. The fourth-order valence-corrected chi connectivity index (χ4v) is 3.83. The molecular weight excluding hydrogens is 378 g/mol. The zero-order valence-corrected chi connectivity index (χ0v) is 18.8. The number of benzene rings is 1. The van der Waals surface area contributed by atoms with Crippen LogP contribution in [0.2, 0.25) is 0 Å². The molecule has 0 radical (unpaired) electrons. The highest BCUT2D eigenvalue weighted by atomic mass is 16.3. The van der Waals surface area contributed by atoms with E-state index in [1.54, 1.807) is 0 Å². The molecule has 1 unspecified atom stereocenters. The fourth-order valence-electron chi connectivity index (χ4n) is 3.83. The number of hydrogen-bond acceptors (Lipinski definition) is 4. The van der Waals surface area contributed by atoms with Gasteiger partial charge in [0, 0.05) is 51.6 Å². The maximum absolute atomic E-state index is 12.6. The van der Waals surface area contributed by atoms with E-state index in [0.29, 0.717) is 17.8 Å². The van der Waals surface area contributed by atoms with E-state index in [0.717, 1.165) is 52.1 Å². The normalized spacial score (nSPS) is 16.0. The first-order valence-electron chi connectivity index (χ1n) is 11.2. The van der Waals surface area contributed by atoms with Gasteiger partial charge in [0.2, 0.25) is 5.91 Å². The summed E-state index contributed by atoms with van der Waals surface area (Å²) in [6, 6.07) is 10.3. The van der Waals surface area contributed by atoms with Gasteiger partial charge in [0.05, 0.1) is 0 Å². The van der Waals surface area contributed by atoms with Crippen molar-refractivity contribution >= 4 is 17.6 Å². The number of amides is 1. The number of guanidine groups is 1. The van der Waals surface area contributed by atoms with Gasteiger partial charge in [-0.15, -0.1) is 0 Å². The van der Waals surface area contributed by atoms with Gasteiger partial charge < -0.3 is 25.5 Å². The molecule has 0 bridgehead atoms. The minimum atomic E-state index is 0.0639. The van der Waals surface area contributed by atoms with Gasteiger partial charge in [-0.05, 0) is 43.7 Å². The van der Waals surface area contributed by atoms with Crippen LogP contribution in [-0.2, 0) is 4.79 Å². The molecule has 7 heteroatoms. The molecule has 2 rings (SSSR count). The van der Waals surface area contributed by atoms with Crippen LogP contribution in [0.1, 0.15) is 33.6 Å². The average molecular weight is 418 g/mol. The van der Waals surface area contributed by atoms with Gasteiger partial charge in [0.25, 0.3) is 0 Å². The first-order chi connectivity index (χ1) is 14.5. The number of hydrogen-bond donors (Lipinski definition) is 3.